The van der Waals surface area contributed by atoms with Crippen molar-refractivity contribution in [1.29, 1.82) is 5.26 Å². The molecule has 1 N–H and O–H groups in total. The van der Waals surface area contributed by atoms with E-state index in [-0.39, 0.29) is 0 Å². The van der Waals surface area contributed by atoms with Crippen molar-refractivity contribution < 1.29 is 8.95 Å². The van der Waals surface area contributed by atoms with Gasteiger partial charge in [0.1, 0.15) is 17.1 Å². The number of nitrogens with zero attached hydrogens (tertiary/aromatic N) is 3. The van der Waals surface area contributed by atoms with Gasteiger partial charge < -0.3 is 18.9 Å². The molecule has 2 heterocycles. The van der Waals surface area contributed by atoms with E-state index in [1.807, 2.05) is 31.2 Å². The summed E-state index contributed by atoms with van der Waals surface area (Å²) in [4.78, 5) is 2.31. The molecule has 1 unspecified atom stereocenters. The highest BCUT2D eigenvalue weighted by atomic mass is 32.2. The maximum Gasteiger partial charge on any atom is 0.117 e. The van der Waals surface area contributed by atoms with E-state index in [1.54, 1.807) is 0 Å². The van der Waals surface area contributed by atoms with Gasteiger partial charge in [-0.1, -0.05) is 19.1 Å². The Labute approximate surface area is 186 Å². The average molecular weight is 437 g/mol. The minimum Gasteiger partial charge on any atom is -0.378 e. The predicted octanol–water partition coefficient (Wildman–Crippen LogP) is 4.52. The van der Waals surface area contributed by atoms with E-state index >= 15 is 0 Å². The van der Waals surface area contributed by atoms with Crippen molar-refractivity contribution in [2.24, 2.45) is 0 Å². The van der Waals surface area contributed by atoms with E-state index < -0.39 is 11.0 Å². The van der Waals surface area contributed by atoms with E-state index in [2.05, 4.69) is 45.4 Å². The van der Waals surface area contributed by atoms with Crippen molar-refractivity contribution in [3.05, 3.63) is 48.0 Å². The van der Waals surface area contributed by atoms with Gasteiger partial charge >= 0.3 is 0 Å². The molecule has 162 valence electrons. The Morgan fingerprint density at radius 3 is 2.52 bits per heavy atom. The molecular formula is C24H28N4O2S. The summed E-state index contributed by atoms with van der Waals surface area (Å²) in [6.45, 7) is 8.07. The van der Waals surface area contributed by atoms with Crippen LogP contribution in [0.3, 0.4) is 0 Å². The molecule has 0 aliphatic carbocycles. The molecule has 0 spiro atoms. The first-order valence-electron chi connectivity index (χ1n) is 10.8. The highest BCUT2D eigenvalue weighted by molar-refractivity contribution is 7.86. The predicted molar refractivity (Wildman–Crippen MR) is 128 cm³/mol. The lowest BCUT2D eigenvalue weighted by molar-refractivity contribution is 0.122. The number of fused-ring (bicyclic) bond motifs is 1. The van der Waals surface area contributed by atoms with Crippen molar-refractivity contribution in [3.8, 4) is 17.3 Å². The van der Waals surface area contributed by atoms with Gasteiger partial charge in [-0.25, -0.2) is 4.21 Å². The third kappa shape index (κ3) is 4.32. The van der Waals surface area contributed by atoms with Gasteiger partial charge in [0.25, 0.3) is 0 Å². The van der Waals surface area contributed by atoms with Crippen LogP contribution in [0.25, 0.3) is 22.2 Å². The maximum absolute atomic E-state index is 12.0. The van der Waals surface area contributed by atoms with Crippen LogP contribution in [0, 0.1) is 11.3 Å². The van der Waals surface area contributed by atoms with Gasteiger partial charge in [0, 0.05) is 47.7 Å². The average Bonchev–Trinajstić information content (AvgIpc) is 3.13. The van der Waals surface area contributed by atoms with Crippen molar-refractivity contribution in [1.82, 2.24) is 4.57 Å². The monoisotopic (exact) mass is 436 g/mol. The minimum atomic E-state index is -1.07. The summed E-state index contributed by atoms with van der Waals surface area (Å²) in [5.74, 6) is 0.621. The molecule has 1 atom stereocenters. The third-order valence-electron chi connectivity index (χ3n) is 5.63. The zero-order chi connectivity index (χ0) is 21.8. The number of anilines is 2. The number of aryl methyl sites for hydroxylation is 1. The molecule has 1 saturated heterocycles. The Morgan fingerprint density at radius 1 is 1.13 bits per heavy atom. The molecule has 3 aromatic rings. The lowest BCUT2D eigenvalue weighted by Gasteiger charge is -2.28. The van der Waals surface area contributed by atoms with E-state index in [9.17, 15) is 9.47 Å². The van der Waals surface area contributed by atoms with Crippen LogP contribution in [0.4, 0.5) is 11.4 Å². The van der Waals surface area contributed by atoms with Gasteiger partial charge in [-0.2, -0.15) is 5.26 Å². The molecule has 0 amide bonds. The van der Waals surface area contributed by atoms with Crippen molar-refractivity contribution in [2.45, 2.75) is 26.8 Å². The first-order valence-corrected chi connectivity index (χ1v) is 12.1. The van der Waals surface area contributed by atoms with E-state index in [0.29, 0.717) is 11.3 Å². The van der Waals surface area contributed by atoms with Crippen LogP contribution >= 0.6 is 0 Å². The van der Waals surface area contributed by atoms with Crippen LogP contribution < -0.4 is 9.62 Å². The van der Waals surface area contributed by atoms with E-state index in [4.69, 9.17) is 4.74 Å². The third-order valence-corrected chi connectivity index (χ3v) is 6.87. The summed E-state index contributed by atoms with van der Waals surface area (Å²) in [7, 11) is -1.07. The maximum atomic E-state index is 12.0. The Kier molecular flexibility index (Phi) is 6.59. The summed E-state index contributed by atoms with van der Waals surface area (Å²) < 4.78 is 22.7. The first-order chi connectivity index (χ1) is 15.2. The summed E-state index contributed by atoms with van der Waals surface area (Å²) in [6.07, 6.45) is 0.867. The number of nitriles is 1. The molecule has 1 fully saturated rings. The lowest BCUT2D eigenvalue weighted by Crippen LogP contribution is -2.36. The second-order valence-corrected chi connectivity index (χ2v) is 8.91. The smallest absolute Gasteiger partial charge is 0.117 e. The SMILES string of the molecule is CCCS(=O)Nc1ccc(-c2c(C#N)c3cc(N4CCOCC4)ccc3n2CC)cc1. The normalized spacial score (nSPS) is 15.1. The van der Waals surface area contributed by atoms with Crippen molar-refractivity contribution in [3.63, 3.8) is 0 Å². The molecule has 0 saturated carbocycles. The number of nitrogens with one attached hydrogen (secondary N) is 1. The number of aromatic nitrogens is 1. The molecule has 6 nitrogen and oxygen atoms in total. The zero-order valence-corrected chi connectivity index (χ0v) is 18.9. The van der Waals surface area contributed by atoms with E-state index in [1.165, 1.54) is 0 Å². The summed E-state index contributed by atoms with van der Waals surface area (Å²) in [6, 6.07) is 16.7. The molecule has 4 rings (SSSR count). The van der Waals surface area contributed by atoms with Crippen LogP contribution in [0.2, 0.25) is 0 Å². The lowest BCUT2D eigenvalue weighted by atomic mass is 10.1. The van der Waals surface area contributed by atoms with Crippen LogP contribution in [-0.2, 0) is 22.3 Å². The Hall–Kier alpha value is -2.82. The van der Waals surface area contributed by atoms with Gasteiger partial charge in [-0.05, 0) is 49.2 Å². The quantitative estimate of drug-likeness (QED) is 0.591. The van der Waals surface area contributed by atoms with Crippen LogP contribution in [0.5, 0.6) is 0 Å². The topological polar surface area (TPSA) is 70.3 Å². The summed E-state index contributed by atoms with van der Waals surface area (Å²) in [5.41, 5.74) is 5.63. The summed E-state index contributed by atoms with van der Waals surface area (Å²) in [5, 5.41) is 11.1. The molecule has 1 aliphatic heterocycles. The largest absolute Gasteiger partial charge is 0.378 e. The Balaban J connectivity index is 1.74. The Bertz CT molecular complexity index is 1130. The van der Waals surface area contributed by atoms with Crippen molar-refractivity contribution >= 4 is 33.3 Å². The number of rotatable bonds is 7. The molecule has 0 radical (unpaired) electrons. The highest BCUT2D eigenvalue weighted by Gasteiger charge is 2.20. The number of ether oxygens (including phenoxy) is 1. The molecular weight excluding hydrogens is 408 g/mol. The molecule has 2 aromatic carbocycles. The second-order valence-electron chi connectivity index (χ2n) is 7.61. The van der Waals surface area contributed by atoms with Gasteiger partial charge in [0.15, 0.2) is 0 Å². The zero-order valence-electron chi connectivity index (χ0n) is 18.1. The highest BCUT2D eigenvalue weighted by Crippen LogP contribution is 2.36. The number of benzene rings is 2. The van der Waals surface area contributed by atoms with Gasteiger partial charge in [-0.15, -0.1) is 0 Å². The van der Waals surface area contributed by atoms with Gasteiger partial charge in [0.2, 0.25) is 0 Å². The fourth-order valence-corrected chi connectivity index (χ4v) is 5.04. The van der Waals surface area contributed by atoms with Crippen LogP contribution in [0.1, 0.15) is 25.8 Å². The Morgan fingerprint density at radius 2 is 1.87 bits per heavy atom. The van der Waals surface area contributed by atoms with E-state index in [0.717, 1.165) is 72.8 Å². The van der Waals surface area contributed by atoms with Crippen molar-refractivity contribution in [2.75, 3.05) is 41.7 Å². The first kappa shape index (κ1) is 21.4. The number of morpholine rings is 1. The molecule has 0 bridgehead atoms. The molecule has 1 aromatic heterocycles. The van der Waals surface area contributed by atoms with Gasteiger partial charge in [0.05, 0.1) is 24.5 Å². The summed E-state index contributed by atoms with van der Waals surface area (Å²) >= 11 is 0. The number of hydrogen-bond donors (Lipinski definition) is 1. The molecule has 31 heavy (non-hydrogen) atoms. The number of hydrogen-bond acceptors (Lipinski definition) is 4. The fourth-order valence-electron chi connectivity index (χ4n) is 4.17. The standard InChI is InChI=1S/C24H28N4O2S/c1-3-15-31(29)26-19-7-5-18(6-8-19)24-22(17-25)21-16-20(27-11-13-30-14-12-27)9-10-23(21)28(24)4-2/h5-10,16,26H,3-4,11-15H2,1-2H3. The van der Waals surface area contributed by atoms with Gasteiger partial charge in [-0.3, -0.25) is 0 Å². The minimum absolute atomic E-state index is 0.621. The molecule has 1 aliphatic rings. The second kappa shape index (κ2) is 9.54. The molecule has 7 heteroatoms. The van der Waals surface area contributed by atoms with Crippen LogP contribution in [-0.4, -0.2) is 40.8 Å². The van der Waals surface area contributed by atoms with Crippen LogP contribution in [0.15, 0.2) is 42.5 Å². The fraction of sp³-hybridized carbons (Fsp3) is 0.375.